The summed E-state index contributed by atoms with van der Waals surface area (Å²) in [5.74, 6) is 0. The second-order valence-corrected chi connectivity index (χ2v) is 0. The van der Waals surface area contributed by atoms with E-state index in [0.717, 1.165) is 0 Å². The minimum atomic E-state index is 0. The van der Waals surface area contributed by atoms with E-state index < -0.39 is 0 Å². The normalized spacial score (nSPS) is 0. The Morgan fingerprint density at radius 3 is 1.25 bits per heavy atom. The first kappa shape index (κ1) is 25.1. The van der Waals surface area contributed by atoms with Crippen molar-refractivity contribution in [2.75, 3.05) is 0 Å². The summed E-state index contributed by atoms with van der Waals surface area (Å²) in [7, 11) is 0. The summed E-state index contributed by atoms with van der Waals surface area (Å²) in [4.78, 5) is 0. The standard InChI is InChI=1S/K.Sb.Ti.V.H/q+1;;;;-1. The van der Waals surface area contributed by atoms with Crippen molar-refractivity contribution in [2.45, 2.75) is 0 Å². The second-order valence-electron chi connectivity index (χ2n) is 0. The van der Waals surface area contributed by atoms with Crippen LogP contribution in [0.3, 0.4) is 0 Å². The molecule has 0 spiro atoms. The average Bonchev–Trinajstić information content (AvgIpc) is 0. The maximum absolute atomic E-state index is 0. The second kappa shape index (κ2) is 15.9. The van der Waals surface area contributed by atoms with Gasteiger partial charge in [-0.1, -0.05) is 0 Å². The van der Waals surface area contributed by atoms with Crippen LogP contribution in [0.2, 0.25) is 0 Å². The first-order valence-corrected chi connectivity index (χ1v) is 0. The Morgan fingerprint density at radius 1 is 1.25 bits per heavy atom. The molecule has 4 heteroatoms. The first-order valence-electron chi connectivity index (χ1n) is 0. The van der Waals surface area contributed by atoms with Crippen molar-refractivity contribution in [3.63, 3.8) is 0 Å². The molecule has 0 aromatic rings. The van der Waals surface area contributed by atoms with E-state index in [4.69, 9.17) is 0 Å². The molecular formula is HKSbTiV. The van der Waals surface area contributed by atoms with E-state index in [9.17, 15) is 0 Å². The fourth-order valence-electron chi connectivity index (χ4n) is 0. The SMILES string of the molecule is [H-].[K+].[Sb].[Ti].[V]. The average molecular weight is 261 g/mol. The first-order chi connectivity index (χ1) is 0. The van der Waals surface area contributed by atoms with Gasteiger partial charge in [-0.25, -0.2) is 0 Å². The molecule has 0 rings (SSSR count). The van der Waals surface area contributed by atoms with Crippen LogP contribution in [0.15, 0.2) is 0 Å². The molecule has 0 aliphatic rings. The van der Waals surface area contributed by atoms with Crippen LogP contribution in [-0.4, -0.2) is 24.4 Å². The van der Waals surface area contributed by atoms with Gasteiger partial charge in [0, 0.05) is 64.7 Å². The van der Waals surface area contributed by atoms with Crippen molar-refractivity contribution in [1.29, 1.82) is 0 Å². The zero-order chi connectivity index (χ0) is 0. The van der Waals surface area contributed by atoms with Crippen molar-refractivity contribution in [1.82, 2.24) is 0 Å². The Hall–Kier alpha value is 3.75. The molecule has 0 fully saturated rings. The fourth-order valence-corrected chi connectivity index (χ4v) is 0. The van der Waals surface area contributed by atoms with E-state index in [1.54, 1.807) is 0 Å². The predicted octanol–water partition coefficient (Wildman–Crippen LogP) is -3.27. The third kappa shape index (κ3) is 9.23. The van der Waals surface area contributed by atoms with Gasteiger partial charge in [0.1, 0.15) is 0 Å². The predicted molar refractivity (Wildman–Crippen MR) is 6.87 cm³/mol. The molecule has 0 nitrogen and oxygen atoms in total. The monoisotopic (exact) mass is 260 g/mol. The third-order valence-corrected chi connectivity index (χ3v) is 0. The number of rotatable bonds is 0. The summed E-state index contributed by atoms with van der Waals surface area (Å²) in [6.07, 6.45) is 0. The van der Waals surface area contributed by atoms with Crippen LogP contribution in [0.25, 0.3) is 0 Å². The van der Waals surface area contributed by atoms with Crippen LogP contribution in [-0.2, 0) is 40.3 Å². The van der Waals surface area contributed by atoms with Crippen LogP contribution in [0.5, 0.6) is 0 Å². The van der Waals surface area contributed by atoms with Crippen LogP contribution >= 0.6 is 0 Å². The molecule has 0 heterocycles. The van der Waals surface area contributed by atoms with Crippen LogP contribution in [0.1, 0.15) is 1.43 Å². The minimum absolute atomic E-state index is 0. The van der Waals surface area contributed by atoms with Gasteiger partial charge >= 0.3 is 51.4 Å². The molecule has 4 heavy (non-hydrogen) atoms. The Kier molecular flexibility index (Phi) is 99.6. The van der Waals surface area contributed by atoms with Gasteiger partial charge in [0.15, 0.2) is 0 Å². The topological polar surface area (TPSA) is 0 Å². The minimum Gasteiger partial charge on any atom is -1.00 e. The Bertz CT molecular complexity index is 11.6. The molecule has 4 radical (unpaired) electrons. The van der Waals surface area contributed by atoms with Gasteiger partial charge in [-0.15, -0.1) is 0 Å². The molecule has 0 unspecified atom stereocenters. The van der Waals surface area contributed by atoms with E-state index in [1.807, 2.05) is 0 Å². The van der Waals surface area contributed by atoms with Gasteiger partial charge in [-0.05, 0) is 0 Å². The van der Waals surface area contributed by atoms with Gasteiger partial charge in [-0.3, -0.25) is 0 Å². The van der Waals surface area contributed by atoms with Crippen molar-refractivity contribution in [3.05, 3.63) is 0 Å². The smallest absolute Gasteiger partial charge is 1.00 e. The van der Waals surface area contributed by atoms with E-state index in [2.05, 4.69) is 0 Å². The number of hydrogen-bond acceptors (Lipinski definition) is 0. The van der Waals surface area contributed by atoms with Gasteiger partial charge in [-0.2, -0.15) is 0 Å². The van der Waals surface area contributed by atoms with E-state index in [0.29, 0.717) is 0 Å². The maximum atomic E-state index is 0. The number of hydrogen-bond donors (Lipinski definition) is 0. The quantitative estimate of drug-likeness (QED) is 0.401. The molecule has 0 saturated heterocycles. The van der Waals surface area contributed by atoms with E-state index >= 15 is 0 Å². The molecule has 0 aliphatic heterocycles. The van der Waals surface area contributed by atoms with E-state index in [1.165, 1.54) is 0 Å². The van der Waals surface area contributed by atoms with Crippen LogP contribution in [0, 0.1) is 0 Å². The summed E-state index contributed by atoms with van der Waals surface area (Å²) in [5, 5.41) is 0. The summed E-state index contributed by atoms with van der Waals surface area (Å²) >= 11 is 0. The molecule has 16 valence electrons. The van der Waals surface area contributed by atoms with Crippen LogP contribution < -0.4 is 51.4 Å². The Balaban J connectivity index is 0. The zero-order valence-electron chi connectivity index (χ0n) is 3.39. The molecule has 0 aromatic carbocycles. The summed E-state index contributed by atoms with van der Waals surface area (Å²) < 4.78 is 0. The largest absolute Gasteiger partial charge is 1.00 e. The molecule has 0 bridgehead atoms. The fraction of sp³-hybridized carbons (Fsp3) is 0. The maximum Gasteiger partial charge on any atom is 1.00 e. The third-order valence-electron chi connectivity index (χ3n) is 0. The summed E-state index contributed by atoms with van der Waals surface area (Å²) in [6, 6.07) is 0. The van der Waals surface area contributed by atoms with Gasteiger partial charge in [0.2, 0.25) is 0 Å². The molecule has 0 atom stereocenters. The van der Waals surface area contributed by atoms with Crippen molar-refractivity contribution in [3.8, 4) is 0 Å². The van der Waals surface area contributed by atoms with Crippen molar-refractivity contribution in [2.24, 2.45) is 0 Å². The summed E-state index contributed by atoms with van der Waals surface area (Å²) in [6.45, 7) is 0. The molecule has 0 aliphatic carbocycles. The van der Waals surface area contributed by atoms with Crippen molar-refractivity contribution >= 4 is 24.4 Å². The van der Waals surface area contributed by atoms with Gasteiger partial charge in [0.05, 0.1) is 0 Å². The molecule has 0 aromatic heterocycles. The zero-order valence-corrected chi connectivity index (χ0v) is 11.0. The molecular weight excluding hydrogens is 260 g/mol. The van der Waals surface area contributed by atoms with Crippen LogP contribution in [0.4, 0.5) is 0 Å². The van der Waals surface area contributed by atoms with Gasteiger partial charge < -0.3 is 1.43 Å². The molecule has 0 saturated carbocycles. The summed E-state index contributed by atoms with van der Waals surface area (Å²) in [5.41, 5.74) is 0. The van der Waals surface area contributed by atoms with Gasteiger partial charge in [0.25, 0.3) is 0 Å². The Labute approximate surface area is 114 Å². The Morgan fingerprint density at radius 2 is 1.25 bits per heavy atom. The van der Waals surface area contributed by atoms with Crippen molar-refractivity contribution < 1.29 is 93.1 Å². The molecule has 0 N–H and O–H groups in total. The van der Waals surface area contributed by atoms with E-state index in [-0.39, 0.29) is 118 Å². The molecule has 0 amide bonds.